The largest absolute Gasteiger partial charge is 0.444 e. The van der Waals surface area contributed by atoms with Gasteiger partial charge in [-0.05, 0) is 63.2 Å². The third-order valence-corrected chi connectivity index (χ3v) is 5.31. The Labute approximate surface area is 214 Å². The zero-order valence-electron chi connectivity index (χ0n) is 20.4. The predicted octanol–water partition coefficient (Wildman–Crippen LogP) is 5.51. The minimum Gasteiger partial charge on any atom is -0.444 e. The zero-order valence-corrected chi connectivity index (χ0v) is 21.1. The summed E-state index contributed by atoms with van der Waals surface area (Å²) in [6.45, 7) is 5.99. The van der Waals surface area contributed by atoms with Crippen LogP contribution in [0.2, 0.25) is 5.02 Å². The molecular formula is C26H28ClN7O2. The average Bonchev–Trinajstić information content (AvgIpc) is 3.34. The fourth-order valence-corrected chi connectivity index (χ4v) is 3.67. The quantitative estimate of drug-likeness (QED) is 0.325. The molecule has 1 aromatic carbocycles. The van der Waals surface area contributed by atoms with Crippen LogP contribution in [0.15, 0.2) is 73.2 Å². The highest BCUT2D eigenvalue weighted by molar-refractivity contribution is 6.30. The van der Waals surface area contributed by atoms with Crippen LogP contribution in [0.1, 0.15) is 38.3 Å². The number of aromatic amines is 1. The lowest BCUT2D eigenvalue weighted by atomic mass is 10.2. The summed E-state index contributed by atoms with van der Waals surface area (Å²) in [7, 11) is 0. The Morgan fingerprint density at radius 3 is 2.61 bits per heavy atom. The lowest BCUT2D eigenvalue weighted by Crippen LogP contribution is -2.40. The molecule has 3 heterocycles. The molecule has 0 radical (unpaired) electrons. The van der Waals surface area contributed by atoms with E-state index in [-0.39, 0.29) is 13.1 Å². The van der Waals surface area contributed by atoms with Gasteiger partial charge < -0.3 is 10.1 Å². The maximum Gasteiger partial charge on any atom is 0.410 e. The summed E-state index contributed by atoms with van der Waals surface area (Å²) in [6.07, 6.45) is 4.61. The fourth-order valence-electron chi connectivity index (χ4n) is 3.48. The number of nitrogens with one attached hydrogen (secondary N) is 2. The molecule has 0 aliphatic heterocycles. The summed E-state index contributed by atoms with van der Waals surface area (Å²) in [5.74, 6) is 1.08. The van der Waals surface area contributed by atoms with E-state index in [0.29, 0.717) is 16.7 Å². The van der Waals surface area contributed by atoms with Crippen molar-refractivity contribution in [2.75, 3.05) is 11.9 Å². The van der Waals surface area contributed by atoms with Gasteiger partial charge >= 0.3 is 6.09 Å². The molecule has 1 atom stereocenters. The van der Waals surface area contributed by atoms with Crippen molar-refractivity contribution >= 4 is 23.4 Å². The Balaban J connectivity index is 1.66. The monoisotopic (exact) mass is 505 g/mol. The van der Waals surface area contributed by atoms with Gasteiger partial charge in [-0.15, -0.1) is 0 Å². The molecule has 4 rings (SSSR count). The van der Waals surface area contributed by atoms with Crippen LogP contribution in [0.5, 0.6) is 0 Å². The van der Waals surface area contributed by atoms with Crippen LogP contribution in [-0.2, 0) is 11.3 Å². The van der Waals surface area contributed by atoms with Gasteiger partial charge in [-0.3, -0.25) is 20.0 Å². The number of rotatable bonds is 8. The number of benzene rings is 1. The number of ether oxygens (including phenoxy) is 1. The minimum absolute atomic E-state index is 0.225. The molecule has 0 aliphatic carbocycles. The molecule has 0 saturated heterocycles. The Bertz CT molecular complexity index is 1280. The molecule has 186 valence electrons. The number of H-pyrrole nitrogens is 1. The average molecular weight is 506 g/mol. The number of hydrogen-bond donors (Lipinski definition) is 2. The van der Waals surface area contributed by atoms with E-state index in [1.165, 1.54) is 0 Å². The van der Waals surface area contributed by atoms with Crippen molar-refractivity contribution < 1.29 is 9.53 Å². The van der Waals surface area contributed by atoms with Crippen molar-refractivity contribution in [2.45, 2.75) is 39.0 Å². The Kier molecular flexibility index (Phi) is 7.80. The van der Waals surface area contributed by atoms with Crippen LogP contribution in [-0.4, -0.2) is 48.3 Å². The molecule has 0 spiro atoms. The number of anilines is 1. The first kappa shape index (κ1) is 25.1. The summed E-state index contributed by atoms with van der Waals surface area (Å²) in [4.78, 5) is 28.0. The van der Waals surface area contributed by atoms with Crippen molar-refractivity contribution in [3.8, 4) is 11.4 Å². The van der Waals surface area contributed by atoms with Crippen LogP contribution in [0.3, 0.4) is 0 Å². The van der Waals surface area contributed by atoms with Crippen molar-refractivity contribution in [3.05, 3.63) is 89.7 Å². The van der Waals surface area contributed by atoms with E-state index in [1.54, 1.807) is 29.6 Å². The van der Waals surface area contributed by atoms with Gasteiger partial charge in [-0.1, -0.05) is 23.7 Å². The Morgan fingerprint density at radius 1 is 1.11 bits per heavy atom. The second kappa shape index (κ2) is 11.2. The number of hydrogen-bond acceptors (Lipinski definition) is 7. The molecular weight excluding hydrogens is 478 g/mol. The van der Waals surface area contributed by atoms with E-state index in [0.717, 1.165) is 16.9 Å². The molecule has 2 N–H and O–H groups in total. The van der Waals surface area contributed by atoms with Crippen LogP contribution < -0.4 is 5.32 Å². The van der Waals surface area contributed by atoms with Gasteiger partial charge in [0, 0.05) is 34.9 Å². The van der Waals surface area contributed by atoms with Gasteiger partial charge in [0.2, 0.25) is 0 Å². The third-order valence-electron chi connectivity index (χ3n) is 5.07. The number of amides is 1. The van der Waals surface area contributed by atoms with Crippen molar-refractivity contribution in [1.29, 1.82) is 0 Å². The molecule has 0 aliphatic rings. The molecule has 0 fully saturated rings. The van der Waals surface area contributed by atoms with Gasteiger partial charge in [0.15, 0.2) is 5.82 Å². The van der Waals surface area contributed by atoms with Crippen molar-refractivity contribution in [1.82, 2.24) is 30.0 Å². The van der Waals surface area contributed by atoms with Gasteiger partial charge in [0.1, 0.15) is 17.5 Å². The van der Waals surface area contributed by atoms with E-state index in [9.17, 15) is 4.79 Å². The van der Waals surface area contributed by atoms with Crippen molar-refractivity contribution in [2.24, 2.45) is 0 Å². The van der Waals surface area contributed by atoms with Gasteiger partial charge in [0.05, 0.1) is 18.8 Å². The first-order valence-corrected chi connectivity index (χ1v) is 11.9. The predicted molar refractivity (Wildman–Crippen MR) is 138 cm³/mol. The summed E-state index contributed by atoms with van der Waals surface area (Å²) >= 11 is 6.22. The summed E-state index contributed by atoms with van der Waals surface area (Å²) in [5, 5.41) is 11.4. The number of halogens is 1. The van der Waals surface area contributed by atoms with Crippen LogP contribution in [0.25, 0.3) is 11.4 Å². The summed E-state index contributed by atoms with van der Waals surface area (Å²) < 4.78 is 5.71. The van der Waals surface area contributed by atoms with Crippen LogP contribution >= 0.6 is 11.6 Å². The Morgan fingerprint density at radius 2 is 1.92 bits per heavy atom. The van der Waals surface area contributed by atoms with E-state index in [4.69, 9.17) is 21.3 Å². The first-order chi connectivity index (χ1) is 17.3. The second-order valence-electron chi connectivity index (χ2n) is 9.17. The zero-order chi connectivity index (χ0) is 25.5. The standard InChI is InChI=1S/C26H28ClN7O2/c1-26(2,3)36-25(35)34(16-21-8-4-5-12-29-21)17-22(30-20-9-6-7-19(27)15-20)24-31-23(32-33-24)18-10-13-28-14-11-18/h4-15,22,30H,16-17H2,1-3H3,(H,31,32,33). The number of carbonyl (C=O) groups is 1. The van der Waals surface area contributed by atoms with E-state index >= 15 is 0 Å². The van der Waals surface area contributed by atoms with Crippen LogP contribution in [0, 0.1) is 0 Å². The minimum atomic E-state index is -0.657. The number of aromatic nitrogens is 5. The fraction of sp³-hybridized carbons (Fsp3) is 0.269. The summed E-state index contributed by atoms with van der Waals surface area (Å²) in [5.41, 5.74) is 1.68. The van der Waals surface area contributed by atoms with Crippen molar-refractivity contribution in [3.63, 3.8) is 0 Å². The normalized spacial score (nSPS) is 12.1. The molecule has 0 bridgehead atoms. The lowest BCUT2D eigenvalue weighted by Gasteiger charge is -2.30. The second-order valence-corrected chi connectivity index (χ2v) is 9.61. The van der Waals surface area contributed by atoms with Gasteiger partial charge in [-0.2, -0.15) is 5.10 Å². The molecule has 36 heavy (non-hydrogen) atoms. The van der Waals surface area contributed by atoms with Crippen LogP contribution in [0.4, 0.5) is 10.5 Å². The molecule has 4 aromatic rings. The maximum absolute atomic E-state index is 13.2. The molecule has 10 heteroatoms. The highest BCUT2D eigenvalue weighted by atomic mass is 35.5. The lowest BCUT2D eigenvalue weighted by molar-refractivity contribution is 0.0222. The molecule has 3 aromatic heterocycles. The highest BCUT2D eigenvalue weighted by Gasteiger charge is 2.28. The number of nitrogens with zero attached hydrogens (tertiary/aromatic N) is 5. The highest BCUT2D eigenvalue weighted by Crippen LogP contribution is 2.24. The smallest absolute Gasteiger partial charge is 0.410 e. The van der Waals surface area contributed by atoms with E-state index in [1.807, 2.05) is 69.3 Å². The summed E-state index contributed by atoms with van der Waals surface area (Å²) in [6, 6.07) is 16.2. The number of carbonyl (C=O) groups excluding carboxylic acids is 1. The Hall–Kier alpha value is -3.98. The molecule has 9 nitrogen and oxygen atoms in total. The maximum atomic E-state index is 13.2. The molecule has 0 saturated carbocycles. The van der Waals surface area contributed by atoms with Gasteiger partial charge in [0.25, 0.3) is 0 Å². The van der Waals surface area contributed by atoms with E-state index in [2.05, 4.69) is 25.5 Å². The SMILES string of the molecule is CC(C)(C)OC(=O)N(Cc1ccccn1)CC(Nc1cccc(Cl)c1)c1nc(-c2ccncc2)n[nH]1. The third kappa shape index (κ3) is 7.02. The number of pyridine rings is 2. The first-order valence-electron chi connectivity index (χ1n) is 11.5. The van der Waals surface area contributed by atoms with Gasteiger partial charge in [-0.25, -0.2) is 9.78 Å². The van der Waals surface area contributed by atoms with E-state index < -0.39 is 17.7 Å². The molecule has 1 amide bonds. The topological polar surface area (TPSA) is 109 Å². The molecule has 1 unspecified atom stereocenters.